The van der Waals surface area contributed by atoms with Crippen LogP contribution >= 0.6 is 0 Å². The lowest BCUT2D eigenvalue weighted by molar-refractivity contribution is -0.131. The molecule has 0 bridgehead atoms. The van der Waals surface area contributed by atoms with Crippen LogP contribution in [-0.4, -0.2) is 37.6 Å². The van der Waals surface area contributed by atoms with Gasteiger partial charge < -0.3 is 15.4 Å². The van der Waals surface area contributed by atoms with E-state index in [1.54, 1.807) is 11.9 Å². The molecule has 1 aromatic carbocycles. The molecular weight excluding hydrogens is 216 g/mol. The molecule has 4 nitrogen and oxygen atoms in total. The van der Waals surface area contributed by atoms with Gasteiger partial charge in [0.2, 0.25) is 0 Å². The fourth-order valence-electron chi connectivity index (χ4n) is 1.45. The van der Waals surface area contributed by atoms with Gasteiger partial charge in [-0.1, -0.05) is 12.1 Å². The van der Waals surface area contributed by atoms with Gasteiger partial charge in [-0.05, 0) is 31.0 Å². The second kappa shape index (κ2) is 6.25. The average Bonchev–Trinajstić information content (AvgIpc) is 2.31. The van der Waals surface area contributed by atoms with Crippen molar-refractivity contribution >= 4 is 5.91 Å². The first kappa shape index (κ1) is 13.5. The van der Waals surface area contributed by atoms with E-state index >= 15 is 0 Å². The molecular formula is C13H20N2O2. The Bertz CT molecular complexity index is 391. The number of nitrogens with two attached hydrogens (primary N) is 1. The van der Waals surface area contributed by atoms with Crippen molar-refractivity contribution in [2.45, 2.75) is 13.8 Å². The molecule has 0 spiro atoms. The van der Waals surface area contributed by atoms with Crippen molar-refractivity contribution in [2.75, 3.05) is 26.7 Å². The Balaban J connectivity index is 2.56. The van der Waals surface area contributed by atoms with Crippen molar-refractivity contribution in [1.29, 1.82) is 0 Å². The highest BCUT2D eigenvalue weighted by molar-refractivity contribution is 5.77. The second-order valence-corrected chi connectivity index (χ2v) is 4.09. The SMILES string of the molecule is Cc1cccc(OCC(=O)N(C)CCN)c1C. The highest BCUT2D eigenvalue weighted by Gasteiger charge is 2.09. The first-order valence-corrected chi connectivity index (χ1v) is 5.69. The summed E-state index contributed by atoms with van der Waals surface area (Å²) < 4.78 is 5.51. The van der Waals surface area contributed by atoms with E-state index in [2.05, 4.69) is 0 Å². The Morgan fingerprint density at radius 1 is 1.41 bits per heavy atom. The number of nitrogens with zero attached hydrogens (tertiary/aromatic N) is 1. The monoisotopic (exact) mass is 236 g/mol. The van der Waals surface area contributed by atoms with E-state index in [4.69, 9.17) is 10.5 Å². The summed E-state index contributed by atoms with van der Waals surface area (Å²) in [7, 11) is 1.72. The molecule has 0 saturated heterocycles. The summed E-state index contributed by atoms with van der Waals surface area (Å²) in [6.45, 7) is 5.07. The molecule has 0 aliphatic rings. The number of hydrogen-bond donors (Lipinski definition) is 1. The number of ether oxygens (including phenoxy) is 1. The average molecular weight is 236 g/mol. The molecule has 0 fully saturated rings. The number of likely N-dealkylation sites (N-methyl/N-ethyl adjacent to an activating group) is 1. The summed E-state index contributed by atoms with van der Waals surface area (Å²) in [6, 6.07) is 5.81. The number of benzene rings is 1. The molecule has 0 aliphatic heterocycles. The van der Waals surface area contributed by atoms with Crippen LogP contribution in [0.2, 0.25) is 0 Å². The molecule has 1 rings (SSSR count). The zero-order chi connectivity index (χ0) is 12.8. The Morgan fingerprint density at radius 3 is 2.76 bits per heavy atom. The third-order valence-corrected chi connectivity index (χ3v) is 2.80. The Morgan fingerprint density at radius 2 is 2.12 bits per heavy atom. The summed E-state index contributed by atoms with van der Waals surface area (Å²) in [6.07, 6.45) is 0. The fraction of sp³-hybridized carbons (Fsp3) is 0.462. The maximum absolute atomic E-state index is 11.6. The lowest BCUT2D eigenvalue weighted by atomic mass is 10.1. The lowest BCUT2D eigenvalue weighted by Gasteiger charge is -2.17. The van der Waals surface area contributed by atoms with Crippen LogP contribution in [0.3, 0.4) is 0 Å². The molecule has 0 saturated carbocycles. The molecule has 17 heavy (non-hydrogen) atoms. The lowest BCUT2D eigenvalue weighted by Crippen LogP contribution is -2.35. The van der Waals surface area contributed by atoms with Gasteiger partial charge in [0.1, 0.15) is 5.75 Å². The van der Waals surface area contributed by atoms with Gasteiger partial charge >= 0.3 is 0 Å². The summed E-state index contributed by atoms with van der Waals surface area (Å²) in [4.78, 5) is 13.2. The van der Waals surface area contributed by atoms with Crippen LogP contribution in [0.5, 0.6) is 5.75 Å². The van der Waals surface area contributed by atoms with E-state index < -0.39 is 0 Å². The molecule has 1 amide bonds. The highest BCUT2D eigenvalue weighted by Crippen LogP contribution is 2.20. The predicted molar refractivity (Wildman–Crippen MR) is 68.1 cm³/mol. The predicted octanol–water partition coefficient (Wildman–Crippen LogP) is 1.10. The Hall–Kier alpha value is -1.55. The van der Waals surface area contributed by atoms with E-state index in [0.717, 1.165) is 16.9 Å². The van der Waals surface area contributed by atoms with Crippen LogP contribution in [0.4, 0.5) is 0 Å². The van der Waals surface area contributed by atoms with Gasteiger partial charge in [0.05, 0.1) is 0 Å². The summed E-state index contributed by atoms with van der Waals surface area (Å²) in [5.41, 5.74) is 7.61. The third-order valence-electron chi connectivity index (χ3n) is 2.80. The zero-order valence-electron chi connectivity index (χ0n) is 10.7. The second-order valence-electron chi connectivity index (χ2n) is 4.09. The molecule has 0 aromatic heterocycles. The molecule has 0 heterocycles. The van der Waals surface area contributed by atoms with Gasteiger partial charge in [0.25, 0.3) is 5.91 Å². The minimum absolute atomic E-state index is 0.0563. The topological polar surface area (TPSA) is 55.6 Å². The maximum Gasteiger partial charge on any atom is 0.260 e. The van der Waals surface area contributed by atoms with Gasteiger partial charge in [0, 0.05) is 20.1 Å². The molecule has 4 heteroatoms. The molecule has 0 atom stereocenters. The number of amides is 1. The Kier molecular flexibility index (Phi) is 4.97. The van der Waals surface area contributed by atoms with Gasteiger partial charge in [0.15, 0.2) is 6.61 Å². The van der Waals surface area contributed by atoms with E-state index in [1.807, 2.05) is 32.0 Å². The van der Waals surface area contributed by atoms with Gasteiger partial charge in [-0.2, -0.15) is 0 Å². The smallest absolute Gasteiger partial charge is 0.260 e. The van der Waals surface area contributed by atoms with Gasteiger partial charge in [-0.15, -0.1) is 0 Å². The summed E-state index contributed by atoms with van der Waals surface area (Å²) in [5, 5.41) is 0. The number of rotatable bonds is 5. The van der Waals surface area contributed by atoms with E-state index in [-0.39, 0.29) is 12.5 Å². The van der Waals surface area contributed by atoms with Gasteiger partial charge in [-0.3, -0.25) is 4.79 Å². The molecule has 94 valence electrons. The highest BCUT2D eigenvalue weighted by atomic mass is 16.5. The zero-order valence-corrected chi connectivity index (χ0v) is 10.7. The van der Waals surface area contributed by atoms with E-state index in [9.17, 15) is 4.79 Å². The molecule has 0 radical (unpaired) electrons. The van der Waals surface area contributed by atoms with Crippen LogP contribution in [-0.2, 0) is 4.79 Å². The van der Waals surface area contributed by atoms with Crippen LogP contribution < -0.4 is 10.5 Å². The van der Waals surface area contributed by atoms with Crippen molar-refractivity contribution in [3.8, 4) is 5.75 Å². The van der Waals surface area contributed by atoms with Gasteiger partial charge in [-0.25, -0.2) is 0 Å². The number of carbonyl (C=O) groups is 1. The molecule has 0 aliphatic carbocycles. The van der Waals surface area contributed by atoms with E-state index in [0.29, 0.717) is 13.1 Å². The number of aryl methyl sites for hydroxylation is 1. The number of carbonyl (C=O) groups excluding carboxylic acids is 1. The van der Waals surface area contributed by atoms with E-state index in [1.165, 1.54) is 0 Å². The minimum Gasteiger partial charge on any atom is -0.483 e. The largest absolute Gasteiger partial charge is 0.483 e. The standard InChI is InChI=1S/C13H20N2O2/c1-10-5-4-6-12(11(10)2)17-9-13(16)15(3)8-7-14/h4-6H,7-9,14H2,1-3H3. The maximum atomic E-state index is 11.6. The van der Waals surface area contributed by atoms with Crippen LogP contribution in [0.15, 0.2) is 18.2 Å². The third kappa shape index (κ3) is 3.75. The quantitative estimate of drug-likeness (QED) is 0.833. The summed E-state index contributed by atoms with van der Waals surface area (Å²) in [5.74, 6) is 0.704. The first-order valence-electron chi connectivity index (χ1n) is 5.69. The fourth-order valence-corrected chi connectivity index (χ4v) is 1.45. The first-order chi connectivity index (χ1) is 8.06. The normalized spacial score (nSPS) is 10.1. The molecule has 1 aromatic rings. The van der Waals surface area contributed by atoms with Crippen molar-refractivity contribution < 1.29 is 9.53 Å². The number of hydrogen-bond acceptors (Lipinski definition) is 3. The minimum atomic E-state index is -0.0589. The molecule has 0 unspecified atom stereocenters. The van der Waals surface area contributed by atoms with Crippen molar-refractivity contribution in [3.63, 3.8) is 0 Å². The molecule has 2 N–H and O–H groups in total. The van der Waals surface area contributed by atoms with Crippen molar-refractivity contribution in [1.82, 2.24) is 4.90 Å². The van der Waals surface area contributed by atoms with Crippen molar-refractivity contribution in [3.05, 3.63) is 29.3 Å². The van der Waals surface area contributed by atoms with Crippen LogP contribution in [0.25, 0.3) is 0 Å². The Labute approximate surface area is 102 Å². The van der Waals surface area contributed by atoms with Crippen LogP contribution in [0, 0.1) is 13.8 Å². The summed E-state index contributed by atoms with van der Waals surface area (Å²) >= 11 is 0. The van der Waals surface area contributed by atoms with Crippen LogP contribution in [0.1, 0.15) is 11.1 Å². The van der Waals surface area contributed by atoms with Crippen molar-refractivity contribution in [2.24, 2.45) is 5.73 Å².